The highest BCUT2D eigenvalue weighted by atomic mass is 16.5. The molecule has 2 aromatic carbocycles. The number of amides is 1. The molecule has 0 saturated carbocycles. The first-order valence-corrected chi connectivity index (χ1v) is 9.32. The molecule has 0 spiro atoms. The highest BCUT2D eigenvalue weighted by Gasteiger charge is 2.13. The van der Waals surface area contributed by atoms with Crippen molar-refractivity contribution in [1.29, 1.82) is 0 Å². The van der Waals surface area contributed by atoms with Crippen LogP contribution in [0.2, 0.25) is 0 Å². The van der Waals surface area contributed by atoms with Crippen molar-refractivity contribution in [3.8, 4) is 17.2 Å². The normalized spacial score (nSPS) is 10.9. The Kier molecular flexibility index (Phi) is 6.34. The molecule has 0 unspecified atom stereocenters. The van der Waals surface area contributed by atoms with Crippen LogP contribution in [0.3, 0.4) is 0 Å². The Balaban J connectivity index is 1.69. The van der Waals surface area contributed by atoms with E-state index in [4.69, 9.17) is 9.47 Å². The summed E-state index contributed by atoms with van der Waals surface area (Å²) in [7, 11) is 3.18. The van der Waals surface area contributed by atoms with Crippen molar-refractivity contribution in [2.75, 3.05) is 14.2 Å². The predicted octanol–water partition coefficient (Wildman–Crippen LogP) is 3.84. The number of nitrogens with one attached hydrogen (secondary N) is 1. The number of carbonyl (C=O) groups is 1. The zero-order valence-corrected chi connectivity index (χ0v) is 17.1. The first kappa shape index (κ1) is 20.2. The van der Waals surface area contributed by atoms with Gasteiger partial charge in [0.1, 0.15) is 11.5 Å². The molecule has 1 heterocycles. The standard InChI is InChI=1S/C23H25N3O3/c1-16-21(17(2)26(25-16)19-8-6-5-7-9-19)15-24-23(27)13-11-18-10-12-20(28-3)14-22(18)29-4/h5-14H,15H2,1-4H3,(H,24,27)/b13-11+. The zero-order chi connectivity index (χ0) is 20.8. The molecule has 3 rings (SSSR count). The van der Waals surface area contributed by atoms with Crippen molar-refractivity contribution in [3.05, 3.63) is 77.1 Å². The molecule has 6 nitrogen and oxygen atoms in total. The van der Waals surface area contributed by atoms with Crippen LogP contribution in [0.4, 0.5) is 0 Å². The van der Waals surface area contributed by atoms with Gasteiger partial charge in [-0.1, -0.05) is 18.2 Å². The van der Waals surface area contributed by atoms with Gasteiger partial charge in [-0.2, -0.15) is 5.10 Å². The molecule has 0 aliphatic rings. The van der Waals surface area contributed by atoms with Crippen molar-refractivity contribution >= 4 is 12.0 Å². The van der Waals surface area contributed by atoms with Crippen LogP contribution < -0.4 is 14.8 Å². The Hall–Kier alpha value is -3.54. The number of para-hydroxylation sites is 1. The van der Waals surface area contributed by atoms with Crippen LogP contribution in [0, 0.1) is 13.8 Å². The molecule has 150 valence electrons. The Bertz CT molecular complexity index is 1020. The second-order valence-corrected chi connectivity index (χ2v) is 6.56. The van der Waals surface area contributed by atoms with Crippen molar-refractivity contribution < 1.29 is 14.3 Å². The van der Waals surface area contributed by atoms with Crippen LogP contribution in [0.25, 0.3) is 11.8 Å². The van der Waals surface area contributed by atoms with Gasteiger partial charge in [0.25, 0.3) is 0 Å². The summed E-state index contributed by atoms with van der Waals surface area (Å²) in [5.41, 5.74) is 4.71. The molecule has 6 heteroatoms. The average molecular weight is 391 g/mol. The fourth-order valence-electron chi connectivity index (χ4n) is 3.11. The van der Waals surface area contributed by atoms with Gasteiger partial charge in [0.05, 0.1) is 25.6 Å². The van der Waals surface area contributed by atoms with E-state index in [0.29, 0.717) is 18.0 Å². The summed E-state index contributed by atoms with van der Waals surface area (Å²) >= 11 is 0. The highest BCUT2D eigenvalue weighted by molar-refractivity contribution is 5.92. The molecule has 0 radical (unpaired) electrons. The number of benzene rings is 2. The quantitative estimate of drug-likeness (QED) is 0.622. The van der Waals surface area contributed by atoms with Gasteiger partial charge < -0.3 is 14.8 Å². The number of rotatable bonds is 7. The van der Waals surface area contributed by atoms with Gasteiger partial charge in [0, 0.05) is 35.5 Å². The Morgan fingerprint density at radius 3 is 2.55 bits per heavy atom. The first-order chi connectivity index (χ1) is 14.0. The summed E-state index contributed by atoms with van der Waals surface area (Å²) in [5, 5.41) is 7.54. The van der Waals surface area contributed by atoms with E-state index in [9.17, 15) is 4.79 Å². The summed E-state index contributed by atoms with van der Waals surface area (Å²) in [6.45, 7) is 4.37. The minimum atomic E-state index is -0.186. The van der Waals surface area contributed by atoms with Gasteiger partial charge in [0.15, 0.2) is 0 Å². The van der Waals surface area contributed by atoms with Crippen LogP contribution >= 0.6 is 0 Å². The SMILES string of the molecule is COc1ccc(/C=C/C(=O)NCc2c(C)nn(-c3ccccc3)c2C)c(OC)c1. The lowest BCUT2D eigenvalue weighted by Crippen LogP contribution is -2.21. The number of hydrogen-bond acceptors (Lipinski definition) is 4. The van der Waals surface area contributed by atoms with Crippen LogP contribution in [0.5, 0.6) is 11.5 Å². The zero-order valence-electron chi connectivity index (χ0n) is 17.1. The smallest absolute Gasteiger partial charge is 0.244 e. The Labute approximate surface area is 170 Å². The Morgan fingerprint density at radius 2 is 1.86 bits per heavy atom. The summed E-state index contributed by atoms with van der Waals surface area (Å²) in [6, 6.07) is 15.4. The fourth-order valence-corrected chi connectivity index (χ4v) is 3.11. The van der Waals surface area contributed by atoms with Crippen LogP contribution in [0.15, 0.2) is 54.6 Å². The van der Waals surface area contributed by atoms with Crippen molar-refractivity contribution in [2.45, 2.75) is 20.4 Å². The third-order valence-corrected chi connectivity index (χ3v) is 4.74. The molecule has 1 N–H and O–H groups in total. The second kappa shape index (κ2) is 9.10. The number of ether oxygens (including phenoxy) is 2. The van der Waals surface area contributed by atoms with Crippen molar-refractivity contribution in [2.24, 2.45) is 0 Å². The molecule has 0 aliphatic heterocycles. The molecular formula is C23H25N3O3. The van der Waals surface area contributed by atoms with Gasteiger partial charge in [-0.05, 0) is 44.2 Å². The largest absolute Gasteiger partial charge is 0.497 e. The molecule has 1 aromatic heterocycles. The third kappa shape index (κ3) is 4.66. The second-order valence-electron chi connectivity index (χ2n) is 6.56. The van der Waals surface area contributed by atoms with Gasteiger partial charge in [-0.15, -0.1) is 0 Å². The summed E-state index contributed by atoms with van der Waals surface area (Å²) in [5.74, 6) is 1.16. The first-order valence-electron chi connectivity index (χ1n) is 9.32. The molecule has 0 fully saturated rings. The topological polar surface area (TPSA) is 65.4 Å². The van der Waals surface area contributed by atoms with E-state index in [-0.39, 0.29) is 5.91 Å². The summed E-state index contributed by atoms with van der Waals surface area (Å²) in [6.07, 6.45) is 3.22. The predicted molar refractivity (Wildman–Crippen MR) is 113 cm³/mol. The molecule has 29 heavy (non-hydrogen) atoms. The maximum absolute atomic E-state index is 12.3. The van der Waals surface area contributed by atoms with Gasteiger partial charge in [-0.3, -0.25) is 4.79 Å². The van der Waals surface area contributed by atoms with Crippen molar-refractivity contribution in [3.63, 3.8) is 0 Å². The van der Waals surface area contributed by atoms with Crippen LogP contribution in [-0.2, 0) is 11.3 Å². The van der Waals surface area contributed by atoms with Crippen LogP contribution in [0.1, 0.15) is 22.5 Å². The van der Waals surface area contributed by atoms with Gasteiger partial charge in [0.2, 0.25) is 5.91 Å². The van der Waals surface area contributed by atoms with Crippen molar-refractivity contribution in [1.82, 2.24) is 15.1 Å². The summed E-state index contributed by atoms with van der Waals surface area (Å²) in [4.78, 5) is 12.3. The van der Waals surface area contributed by atoms with E-state index in [1.54, 1.807) is 26.4 Å². The number of hydrogen-bond donors (Lipinski definition) is 1. The molecule has 0 saturated heterocycles. The number of aryl methyl sites for hydroxylation is 1. The fraction of sp³-hybridized carbons (Fsp3) is 0.217. The Morgan fingerprint density at radius 1 is 1.10 bits per heavy atom. The molecule has 0 aliphatic carbocycles. The van der Waals surface area contributed by atoms with E-state index in [1.807, 2.05) is 61.0 Å². The molecular weight excluding hydrogens is 366 g/mol. The third-order valence-electron chi connectivity index (χ3n) is 4.74. The summed E-state index contributed by atoms with van der Waals surface area (Å²) < 4.78 is 12.4. The molecule has 3 aromatic rings. The number of nitrogens with zero attached hydrogens (tertiary/aromatic N) is 2. The highest BCUT2D eigenvalue weighted by Crippen LogP contribution is 2.25. The van der Waals surface area contributed by atoms with Crippen LogP contribution in [-0.4, -0.2) is 29.9 Å². The molecule has 0 atom stereocenters. The maximum Gasteiger partial charge on any atom is 0.244 e. The average Bonchev–Trinajstić information content (AvgIpc) is 3.04. The number of carbonyl (C=O) groups excluding carboxylic acids is 1. The van der Waals surface area contributed by atoms with Gasteiger partial charge in [-0.25, -0.2) is 4.68 Å². The lowest BCUT2D eigenvalue weighted by molar-refractivity contribution is -0.116. The molecule has 1 amide bonds. The minimum absolute atomic E-state index is 0.186. The molecule has 0 bridgehead atoms. The number of methoxy groups -OCH3 is 2. The van der Waals surface area contributed by atoms with E-state index in [1.165, 1.54) is 6.08 Å². The lowest BCUT2D eigenvalue weighted by atomic mass is 10.1. The monoisotopic (exact) mass is 391 g/mol. The van der Waals surface area contributed by atoms with E-state index in [2.05, 4.69) is 10.4 Å². The van der Waals surface area contributed by atoms with Gasteiger partial charge >= 0.3 is 0 Å². The lowest BCUT2D eigenvalue weighted by Gasteiger charge is -2.07. The number of aromatic nitrogens is 2. The van der Waals surface area contributed by atoms with E-state index >= 15 is 0 Å². The van der Waals surface area contributed by atoms with E-state index < -0.39 is 0 Å². The minimum Gasteiger partial charge on any atom is -0.497 e. The maximum atomic E-state index is 12.3. The van der Waals surface area contributed by atoms with E-state index in [0.717, 1.165) is 28.2 Å².